The minimum absolute atomic E-state index is 0.0428. The maximum absolute atomic E-state index is 12.6. The second-order valence-electron chi connectivity index (χ2n) is 14.3. The number of carbonyl (C=O) groups is 2. The molecule has 1 unspecified atom stereocenters. The molecule has 0 fully saturated rings. The molecule has 0 amide bonds. The monoisotopic (exact) mass is 752 g/mol. The highest BCUT2D eigenvalue weighted by Gasteiger charge is 2.21. The van der Waals surface area contributed by atoms with E-state index in [-0.39, 0.29) is 26.1 Å². The van der Waals surface area contributed by atoms with Crippen LogP contribution in [0.2, 0.25) is 0 Å². The Balaban J connectivity index is 4.52. The quantitative estimate of drug-likeness (QED) is 0.0207. The summed E-state index contributed by atoms with van der Waals surface area (Å²) >= 11 is 0. The fourth-order valence-electron chi connectivity index (χ4n) is 4.87. The molecule has 0 aliphatic carbocycles. The van der Waals surface area contributed by atoms with Crippen LogP contribution in [0, 0.1) is 0 Å². The minimum atomic E-state index is -4.63. The molecule has 0 aliphatic rings. The number of nitrogens with zero attached hydrogens (tertiary/aromatic N) is 1. The lowest BCUT2D eigenvalue weighted by molar-refractivity contribution is -0.870. The summed E-state index contributed by atoms with van der Waals surface area (Å²) in [6.07, 6.45) is 39.7. The van der Waals surface area contributed by atoms with Crippen molar-refractivity contribution in [3.63, 3.8) is 0 Å². The lowest BCUT2D eigenvalue weighted by Crippen LogP contribution is -2.37. The number of hydrogen-bond donors (Lipinski definition) is 0. The molecule has 2 atom stereocenters. The predicted molar refractivity (Wildman–Crippen MR) is 213 cm³/mol. The fourth-order valence-corrected chi connectivity index (χ4v) is 5.60. The molecule has 9 nitrogen and oxygen atoms in total. The first-order chi connectivity index (χ1) is 25.0. The summed E-state index contributed by atoms with van der Waals surface area (Å²) in [6, 6.07) is 0. The molecular weight excluding hydrogens is 677 g/mol. The van der Waals surface area contributed by atoms with Gasteiger partial charge in [0.1, 0.15) is 19.8 Å². The van der Waals surface area contributed by atoms with E-state index in [4.69, 9.17) is 18.5 Å². The highest BCUT2D eigenvalue weighted by molar-refractivity contribution is 7.45. The molecule has 0 aromatic rings. The van der Waals surface area contributed by atoms with E-state index in [1.807, 2.05) is 21.1 Å². The van der Waals surface area contributed by atoms with Crippen LogP contribution in [0.1, 0.15) is 142 Å². The third kappa shape index (κ3) is 37.5. The first-order valence-electron chi connectivity index (χ1n) is 20.0. The molecule has 0 aromatic carbocycles. The van der Waals surface area contributed by atoms with E-state index in [2.05, 4.69) is 74.6 Å². The zero-order chi connectivity index (χ0) is 38.6. The van der Waals surface area contributed by atoms with Crippen molar-refractivity contribution in [3.05, 3.63) is 60.8 Å². The first-order valence-corrected chi connectivity index (χ1v) is 21.5. The van der Waals surface area contributed by atoms with Crippen molar-refractivity contribution >= 4 is 19.8 Å². The van der Waals surface area contributed by atoms with Crippen molar-refractivity contribution in [2.45, 2.75) is 148 Å². The maximum Gasteiger partial charge on any atom is 0.306 e. The van der Waals surface area contributed by atoms with E-state index in [1.165, 1.54) is 32.1 Å². The molecule has 0 aromatic heterocycles. The van der Waals surface area contributed by atoms with Crippen LogP contribution in [0.25, 0.3) is 0 Å². The number of esters is 2. The van der Waals surface area contributed by atoms with Gasteiger partial charge in [-0.05, 0) is 77.0 Å². The molecule has 300 valence electrons. The lowest BCUT2D eigenvalue weighted by atomic mass is 10.1. The summed E-state index contributed by atoms with van der Waals surface area (Å²) < 4.78 is 33.7. The van der Waals surface area contributed by atoms with Crippen LogP contribution in [0.4, 0.5) is 0 Å². The van der Waals surface area contributed by atoms with Crippen molar-refractivity contribution in [3.8, 4) is 0 Å². The average molecular weight is 752 g/mol. The standard InChI is InChI=1S/C42H74NO8P/c1-6-8-10-12-14-16-18-20-21-23-25-27-29-31-33-35-42(45)51-40(39-50-52(46,47)49-37-36-43(3,4)5)38-48-41(44)34-32-30-28-26-24-22-19-17-15-13-11-9-7-2/h8,10,14,16-17,19-21,25,27,40H,6-7,9,11-13,15,18,22-24,26,28-39H2,1-5H3/b10-8-,16-14-,19-17-,21-20-,27-25-/t40-/m1/s1. The molecule has 0 bridgehead atoms. The van der Waals surface area contributed by atoms with E-state index in [0.717, 1.165) is 70.6 Å². The van der Waals surface area contributed by atoms with Gasteiger partial charge in [-0.2, -0.15) is 0 Å². The number of likely N-dealkylation sites (N-methyl/N-ethyl adjacent to an activating group) is 1. The largest absolute Gasteiger partial charge is 0.756 e. The second-order valence-corrected chi connectivity index (χ2v) is 15.7. The molecule has 0 N–H and O–H groups in total. The first kappa shape index (κ1) is 49.7. The minimum Gasteiger partial charge on any atom is -0.756 e. The summed E-state index contributed by atoms with van der Waals surface area (Å²) in [5.41, 5.74) is 0. The fraction of sp³-hybridized carbons (Fsp3) is 0.714. The lowest BCUT2D eigenvalue weighted by Gasteiger charge is -2.28. The highest BCUT2D eigenvalue weighted by Crippen LogP contribution is 2.38. The Morgan fingerprint density at radius 1 is 0.615 bits per heavy atom. The molecule has 10 heteroatoms. The van der Waals surface area contributed by atoms with Gasteiger partial charge in [0.25, 0.3) is 7.82 Å². The SMILES string of the molecule is CC/C=C\C/C=C\C/C=C\C/C=C\CCCCC(=O)O[C@H](COC(=O)CCCCCCC/C=C\CCCCCC)COP(=O)([O-])OCC[N+](C)(C)C. The second kappa shape index (κ2) is 34.5. The van der Waals surface area contributed by atoms with Gasteiger partial charge in [-0.3, -0.25) is 14.2 Å². The topological polar surface area (TPSA) is 111 Å². The van der Waals surface area contributed by atoms with Gasteiger partial charge in [-0.15, -0.1) is 0 Å². The third-order valence-corrected chi connectivity index (χ3v) is 8.99. The summed E-state index contributed by atoms with van der Waals surface area (Å²) in [4.78, 5) is 37.4. The normalized spacial score (nSPS) is 14.3. The Morgan fingerprint density at radius 3 is 1.69 bits per heavy atom. The van der Waals surface area contributed by atoms with E-state index in [9.17, 15) is 19.0 Å². The molecule has 0 saturated carbocycles. The van der Waals surface area contributed by atoms with Gasteiger partial charge in [-0.25, -0.2) is 0 Å². The molecule has 0 aliphatic heterocycles. The number of allylic oxidation sites excluding steroid dienone is 10. The van der Waals surface area contributed by atoms with Gasteiger partial charge in [-0.1, -0.05) is 113 Å². The van der Waals surface area contributed by atoms with E-state index in [0.29, 0.717) is 23.9 Å². The van der Waals surface area contributed by atoms with Gasteiger partial charge in [0.15, 0.2) is 6.10 Å². The van der Waals surface area contributed by atoms with Crippen LogP contribution in [-0.4, -0.2) is 70.0 Å². The molecule has 0 radical (unpaired) electrons. The number of unbranched alkanes of at least 4 members (excludes halogenated alkanes) is 11. The Kier molecular flexibility index (Phi) is 33.0. The number of phosphoric acid groups is 1. The predicted octanol–water partition coefficient (Wildman–Crippen LogP) is 10.3. The Morgan fingerprint density at radius 2 is 1.10 bits per heavy atom. The van der Waals surface area contributed by atoms with Crippen LogP contribution in [0.3, 0.4) is 0 Å². The Bertz CT molecular complexity index is 1080. The van der Waals surface area contributed by atoms with Crippen LogP contribution >= 0.6 is 7.82 Å². The number of rotatable bonds is 35. The zero-order valence-electron chi connectivity index (χ0n) is 33.5. The smallest absolute Gasteiger partial charge is 0.306 e. The van der Waals surface area contributed by atoms with Crippen molar-refractivity contribution in [2.75, 3.05) is 47.5 Å². The van der Waals surface area contributed by atoms with Gasteiger partial charge >= 0.3 is 11.9 Å². The van der Waals surface area contributed by atoms with Crippen LogP contribution in [0.5, 0.6) is 0 Å². The summed E-state index contributed by atoms with van der Waals surface area (Å²) in [5, 5.41) is 0. The van der Waals surface area contributed by atoms with Gasteiger partial charge in [0.2, 0.25) is 0 Å². The number of hydrogen-bond acceptors (Lipinski definition) is 8. The summed E-state index contributed by atoms with van der Waals surface area (Å²) in [5.74, 6) is -0.901. The van der Waals surface area contributed by atoms with E-state index < -0.39 is 32.5 Å². The summed E-state index contributed by atoms with van der Waals surface area (Å²) in [6.45, 7) is 4.01. The maximum atomic E-state index is 12.6. The van der Waals surface area contributed by atoms with Gasteiger partial charge in [0.05, 0.1) is 27.7 Å². The van der Waals surface area contributed by atoms with Crippen LogP contribution in [0.15, 0.2) is 60.8 Å². The van der Waals surface area contributed by atoms with Crippen molar-refractivity contribution < 1.29 is 42.1 Å². The van der Waals surface area contributed by atoms with Crippen molar-refractivity contribution in [2.24, 2.45) is 0 Å². The number of carbonyl (C=O) groups excluding carboxylic acids is 2. The molecular formula is C42H74NO8P. The Labute approximate surface area is 317 Å². The summed E-state index contributed by atoms with van der Waals surface area (Å²) in [7, 11) is 1.12. The van der Waals surface area contributed by atoms with E-state index in [1.54, 1.807) is 0 Å². The average Bonchev–Trinajstić information content (AvgIpc) is 3.09. The van der Waals surface area contributed by atoms with Crippen molar-refractivity contribution in [1.29, 1.82) is 0 Å². The molecule has 52 heavy (non-hydrogen) atoms. The van der Waals surface area contributed by atoms with Crippen LogP contribution < -0.4 is 4.89 Å². The molecule has 0 saturated heterocycles. The Hall–Kier alpha value is -2.29. The number of phosphoric ester groups is 1. The zero-order valence-corrected chi connectivity index (χ0v) is 34.4. The third-order valence-electron chi connectivity index (χ3n) is 8.02. The number of ether oxygens (including phenoxy) is 2. The van der Waals surface area contributed by atoms with Gasteiger partial charge < -0.3 is 27.9 Å². The van der Waals surface area contributed by atoms with Crippen molar-refractivity contribution in [1.82, 2.24) is 0 Å². The van der Waals surface area contributed by atoms with E-state index >= 15 is 0 Å². The molecule has 0 rings (SSSR count). The highest BCUT2D eigenvalue weighted by atomic mass is 31.2. The molecule has 0 spiro atoms. The van der Waals surface area contributed by atoms with Gasteiger partial charge in [0, 0.05) is 12.8 Å². The number of quaternary nitrogens is 1. The molecule has 0 heterocycles. The van der Waals surface area contributed by atoms with Crippen LogP contribution in [-0.2, 0) is 32.7 Å².